The van der Waals surface area contributed by atoms with Crippen LogP contribution in [0, 0.1) is 0 Å². The van der Waals surface area contributed by atoms with Crippen LogP contribution in [0.4, 0.5) is 0 Å². The van der Waals surface area contributed by atoms with Crippen molar-refractivity contribution < 1.29 is 50.5 Å². The van der Waals surface area contributed by atoms with E-state index in [1.165, 1.54) is 0 Å². The Bertz CT molecular complexity index is 11.7. The summed E-state index contributed by atoms with van der Waals surface area (Å²) in [4.78, 5) is 0. The molecule has 0 aromatic heterocycles. The van der Waals surface area contributed by atoms with Gasteiger partial charge < -0.3 is 1.43 Å². The molecule has 0 N–H and O–H groups in total. The Hall–Kier alpha value is 2.78. The molecule has 0 bridgehead atoms. The first-order valence-corrected chi connectivity index (χ1v) is 0. The molecule has 0 heterocycles. The van der Waals surface area contributed by atoms with Crippen LogP contribution in [0.2, 0.25) is 0 Å². The van der Waals surface area contributed by atoms with Crippen molar-refractivity contribution in [3.05, 3.63) is 0 Å². The quantitative estimate of drug-likeness (QED) is 0.486. The van der Waals surface area contributed by atoms with Crippen molar-refractivity contribution in [3.63, 3.8) is 0 Å². The van der Waals surface area contributed by atoms with E-state index < -0.39 is 0 Å². The standard InChI is InChI=1S/4ClH.Na.Ru.H/h4*1H;;;/q;;;;+1;;-1. The van der Waals surface area contributed by atoms with E-state index in [0.717, 1.165) is 0 Å². The van der Waals surface area contributed by atoms with E-state index in [1.807, 2.05) is 0 Å². The zero-order chi connectivity index (χ0) is 0. The number of rotatable bonds is 0. The average molecular weight is 271 g/mol. The fraction of sp³-hybridized carbons (Fsp3) is 0. The fourth-order valence-corrected chi connectivity index (χ4v) is 0. The minimum Gasteiger partial charge on any atom is -1.00 e. The molecule has 6 heteroatoms. The van der Waals surface area contributed by atoms with Crippen LogP contribution >= 0.6 is 49.6 Å². The summed E-state index contributed by atoms with van der Waals surface area (Å²) in [5.41, 5.74) is 0. The Morgan fingerprint density at radius 2 is 0.667 bits per heavy atom. The van der Waals surface area contributed by atoms with Crippen LogP contribution in [0.25, 0.3) is 0 Å². The Labute approximate surface area is 98.8 Å². The molecule has 0 fully saturated rings. The molecule has 0 aromatic rings. The Balaban J connectivity index is 0. The first-order valence-electron chi connectivity index (χ1n) is 0. The summed E-state index contributed by atoms with van der Waals surface area (Å²) < 4.78 is 0. The molecule has 0 spiro atoms. The first-order chi connectivity index (χ1) is 0. The fourth-order valence-electron chi connectivity index (χ4n) is 0. The number of hydrogen-bond acceptors (Lipinski definition) is 0. The van der Waals surface area contributed by atoms with Gasteiger partial charge in [-0.2, -0.15) is 0 Å². The third-order valence-electron chi connectivity index (χ3n) is 0. The maximum absolute atomic E-state index is 0. The Morgan fingerprint density at radius 1 is 0.667 bits per heavy atom. The zero-order valence-electron chi connectivity index (χ0n) is 3.99. The topological polar surface area (TPSA) is 0 Å². The molecule has 0 unspecified atom stereocenters. The maximum Gasteiger partial charge on any atom is 1.00 e. The average Bonchev–Trinajstić information content (AvgIpc) is 0. The second-order valence-corrected chi connectivity index (χ2v) is 0. The van der Waals surface area contributed by atoms with E-state index in [1.54, 1.807) is 0 Å². The molecule has 0 saturated carbocycles. The summed E-state index contributed by atoms with van der Waals surface area (Å²) in [5, 5.41) is 0. The summed E-state index contributed by atoms with van der Waals surface area (Å²) in [6.45, 7) is 0. The van der Waals surface area contributed by atoms with Gasteiger partial charge in [-0.05, 0) is 0 Å². The van der Waals surface area contributed by atoms with E-state index >= 15 is 0 Å². The largest absolute Gasteiger partial charge is 1.00 e. The zero-order valence-corrected chi connectivity index (χ0v) is 9.99. The van der Waals surface area contributed by atoms with Crippen molar-refractivity contribution in [1.29, 1.82) is 0 Å². The van der Waals surface area contributed by atoms with E-state index in [-0.39, 0.29) is 100 Å². The predicted octanol–water partition coefficient (Wildman–Crippen LogP) is -1.20. The van der Waals surface area contributed by atoms with Gasteiger partial charge in [0.2, 0.25) is 0 Å². The molecule has 0 rings (SSSR count). The molecule has 0 radical (unpaired) electrons. The van der Waals surface area contributed by atoms with Crippen molar-refractivity contribution in [2.45, 2.75) is 0 Å². The van der Waals surface area contributed by atoms with Crippen molar-refractivity contribution in [3.8, 4) is 0 Å². The minimum absolute atomic E-state index is 0. The molecule has 0 aliphatic rings. The minimum atomic E-state index is 0. The summed E-state index contributed by atoms with van der Waals surface area (Å²) in [6, 6.07) is 0. The second-order valence-electron chi connectivity index (χ2n) is 0. The third kappa shape index (κ3) is 29.3. The van der Waals surface area contributed by atoms with E-state index in [0.29, 0.717) is 0 Å². The van der Waals surface area contributed by atoms with Gasteiger partial charge in [-0.25, -0.2) is 0 Å². The smallest absolute Gasteiger partial charge is 1.00 e. The predicted molar refractivity (Wildman–Crippen MR) is 30.1 cm³/mol. The van der Waals surface area contributed by atoms with Gasteiger partial charge in [0.25, 0.3) is 0 Å². The van der Waals surface area contributed by atoms with Gasteiger partial charge in [-0.1, -0.05) is 0 Å². The molecule has 0 saturated heterocycles. The molecule has 6 heavy (non-hydrogen) atoms. The van der Waals surface area contributed by atoms with Crippen LogP contribution in [0.15, 0.2) is 0 Å². The van der Waals surface area contributed by atoms with Crippen molar-refractivity contribution in [1.82, 2.24) is 0 Å². The maximum atomic E-state index is 0. The van der Waals surface area contributed by atoms with E-state index in [9.17, 15) is 0 Å². The molecule has 0 aromatic carbocycles. The third-order valence-corrected chi connectivity index (χ3v) is 0. The molecule has 0 atom stereocenters. The first kappa shape index (κ1) is 68.7. The molecular weight excluding hydrogens is 266 g/mol. The second kappa shape index (κ2) is 46.2. The van der Waals surface area contributed by atoms with Crippen LogP contribution in [-0.2, 0) is 19.5 Å². The number of halogens is 4. The van der Waals surface area contributed by atoms with Crippen molar-refractivity contribution in [2.24, 2.45) is 0 Å². The van der Waals surface area contributed by atoms with Crippen LogP contribution in [0.1, 0.15) is 1.43 Å². The molecule has 0 amide bonds. The van der Waals surface area contributed by atoms with Crippen molar-refractivity contribution >= 4 is 49.6 Å². The summed E-state index contributed by atoms with van der Waals surface area (Å²) in [5.74, 6) is 0. The molecular formula is H5Cl4NaRu. The molecule has 0 aliphatic carbocycles. The van der Waals surface area contributed by atoms with Gasteiger partial charge in [0, 0.05) is 19.5 Å². The van der Waals surface area contributed by atoms with Gasteiger partial charge >= 0.3 is 29.6 Å². The van der Waals surface area contributed by atoms with Crippen LogP contribution < -0.4 is 29.6 Å². The molecule has 0 aliphatic heterocycles. The Kier molecular flexibility index (Phi) is 529. The van der Waals surface area contributed by atoms with Crippen LogP contribution in [0.5, 0.6) is 0 Å². The van der Waals surface area contributed by atoms with E-state index in [2.05, 4.69) is 0 Å². The SMILES string of the molecule is Cl.Cl.Cl.Cl.[H-].[Na+].[Ru]. The van der Waals surface area contributed by atoms with Gasteiger partial charge in [0.15, 0.2) is 0 Å². The van der Waals surface area contributed by atoms with Crippen LogP contribution in [0.3, 0.4) is 0 Å². The summed E-state index contributed by atoms with van der Waals surface area (Å²) in [6.07, 6.45) is 0. The van der Waals surface area contributed by atoms with E-state index in [4.69, 9.17) is 0 Å². The summed E-state index contributed by atoms with van der Waals surface area (Å²) >= 11 is 0. The summed E-state index contributed by atoms with van der Waals surface area (Å²) in [7, 11) is 0. The van der Waals surface area contributed by atoms with Gasteiger partial charge in [0.1, 0.15) is 0 Å². The van der Waals surface area contributed by atoms with Gasteiger partial charge in [-0.15, -0.1) is 49.6 Å². The van der Waals surface area contributed by atoms with Crippen LogP contribution in [-0.4, -0.2) is 0 Å². The Morgan fingerprint density at radius 3 is 0.667 bits per heavy atom. The number of hydrogen-bond donors (Lipinski definition) is 0. The monoisotopic (exact) mass is 270 g/mol. The van der Waals surface area contributed by atoms with Gasteiger partial charge in [0.05, 0.1) is 0 Å². The van der Waals surface area contributed by atoms with Gasteiger partial charge in [-0.3, -0.25) is 0 Å². The molecule has 42 valence electrons. The molecule has 0 nitrogen and oxygen atoms in total. The van der Waals surface area contributed by atoms with Crippen molar-refractivity contribution in [2.75, 3.05) is 0 Å². The normalized spacial score (nSPS) is 0.